The van der Waals surface area contributed by atoms with E-state index in [2.05, 4.69) is 18.8 Å². The van der Waals surface area contributed by atoms with Crippen LogP contribution in [-0.2, 0) is 6.54 Å². The number of carbonyl (C=O) groups is 1. The lowest BCUT2D eigenvalue weighted by Gasteiger charge is -2.07. The molecule has 0 aliphatic rings. The zero-order valence-electron chi connectivity index (χ0n) is 12.7. The van der Waals surface area contributed by atoms with Gasteiger partial charge in [0.25, 0.3) is 0 Å². The highest BCUT2D eigenvalue weighted by atomic mass is 16.5. The Morgan fingerprint density at radius 1 is 1.19 bits per heavy atom. The van der Waals surface area contributed by atoms with E-state index in [1.54, 1.807) is 18.3 Å². The summed E-state index contributed by atoms with van der Waals surface area (Å²) in [5.74, 6) is 1.25. The van der Waals surface area contributed by atoms with E-state index in [4.69, 9.17) is 4.74 Å². The van der Waals surface area contributed by atoms with Gasteiger partial charge >= 0.3 is 0 Å². The van der Waals surface area contributed by atoms with E-state index in [1.807, 2.05) is 22.9 Å². The van der Waals surface area contributed by atoms with Crippen molar-refractivity contribution in [3.8, 4) is 5.75 Å². The summed E-state index contributed by atoms with van der Waals surface area (Å²) in [5, 5.41) is 0. The van der Waals surface area contributed by atoms with Crippen LogP contribution in [0.15, 0.2) is 36.7 Å². The fourth-order valence-corrected chi connectivity index (χ4v) is 2.11. The maximum Gasteiger partial charge on any atom is 0.228 e. The Morgan fingerprint density at radius 2 is 1.95 bits per heavy atom. The number of aromatic nitrogens is 2. The van der Waals surface area contributed by atoms with E-state index in [0.29, 0.717) is 18.0 Å². The lowest BCUT2D eigenvalue weighted by molar-refractivity contribution is 0.102. The molecule has 0 spiro atoms. The molecule has 0 fully saturated rings. The summed E-state index contributed by atoms with van der Waals surface area (Å²) in [5.41, 5.74) is 0.640. The summed E-state index contributed by atoms with van der Waals surface area (Å²) in [6, 6.07) is 7.29. The molecule has 0 unspecified atom stereocenters. The number of imidazole rings is 1. The minimum atomic E-state index is -0.0476. The third kappa shape index (κ3) is 3.94. The summed E-state index contributed by atoms with van der Waals surface area (Å²) in [6.07, 6.45) is 6.64. The van der Waals surface area contributed by atoms with Crippen molar-refractivity contribution in [1.82, 2.24) is 9.55 Å². The van der Waals surface area contributed by atoms with Gasteiger partial charge in [-0.05, 0) is 37.1 Å². The number of hydrogen-bond acceptors (Lipinski definition) is 3. The fourth-order valence-electron chi connectivity index (χ4n) is 2.11. The minimum absolute atomic E-state index is 0.0476. The van der Waals surface area contributed by atoms with Gasteiger partial charge in [0.2, 0.25) is 5.78 Å². The van der Waals surface area contributed by atoms with Crippen molar-refractivity contribution >= 4 is 5.78 Å². The van der Waals surface area contributed by atoms with E-state index in [1.165, 1.54) is 0 Å². The molecule has 0 N–H and O–H groups in total. The van der Waals surface area contributed by atoms with Crippen LogP contribution < -0.4 is 4.74 Å². The summed E-state index contributed by atoms with van der Waals surface area (Å²) < 4.78 is 7.50. The predicted molar refractivity (Wildman–Crippen MR) is 82.8 cm³/mol. The molecule has 1 heterocycles. The molecule has 0 saturated heterocycles. The summed E-state index contributed by atoms with van der Waals surface area (Å²) in [7, 11) is 0. The van der Waals surface area contributed by atoms with Crippen molar-refractivity contribution in [2.45, 2.75) is 39.7 Å². The van der Waals surface area contributed by atoms with Gasteiger partial charge < -0.3 is 9.30 Å². The normalized spacial score (nSPS) is 10.6. The van der Waals surface area contributed by atoms with Crippen LogP contribution in [0.2, 0.25) is 0 Å². The van der Waals surface area contributed by atoms with Gasteiger partial charge in [-0.2, -0.15) is 0 Å². The van der Waals surface area contributed by atoms with Crippen molar-refractivity contribution in [1.29, 1.82) is 0 Å². The van der Waals surface area contributed by atoms with Gasteiger partial charge in [0, 0.05) is 24.5 Å². The minimum Gasteiger partial charge on any atom is -0.494 e. The van der Waals surface area contributed by atoms with Crippen molar-refractivity contribution < 1.29 is 9.53 Å². The van der Waals surface area contributed by atoms with Crippen LogP contribution >= 0.6 is 0 Å². The number of unbranched alkanes of at least 4 members (excludes halogenated alkanes) is 1. The highest BCUT2D eigenvalue weighted by Crippen LogP contribution is 2.15. The first-order chi connectivity index (χ1) is 10.3. The van der Waals surface area contributed by atoms with Gasteiger partial charge in [-0.1, -0.05) is 20.3 Å². The van der Waals surface area contributed by atoms with Crippen molar-refractivity contribution in [3.63, 3.8) is 0 Å². The Bertz CT molecular complexity index is 573. The molecule has 2 rings (SSSR count). The number of rotatable bonds is 8. The second-order valence-electron chi connectivity index (χ2n) is 5.00. The lowest BCUT2D eigenvalue weighted by atomic mass is 10.1. The highest BCUT2D eigenvalue weighted by molar-refractivity contribution is 6.06. The van der Waals surface area contributed by atoms with Crippen molar-refractivity contribution in [2.75, 3.05) is 6.61 Å². The van der Waals surface area contributed by atoms with Gasteiger partial charge in [0.15, 0.2) is 5.82 Å². The van der Waals surface area contributed by atoms with E-state index >= 15 is 0 Å². The maximum absolute atomic E-state index is 12.5. The lowest BCUT2D eigenvalue weighted by Crippen LogP contribution is -2.11. The van der Waals surface area contributed by atoms with Crippen LogP contribution in [0.1, 0.15) is 49.3 Å². The molecule has 4 heteroatoms. The molecule has 21 heavy (non-hydrogen) atoms. The monoisotopic (exact) mass is 286 g/mol. The largest absolute Gasteiger partial charge is 0.494 e. The van der Waals surface area contributed by atoms with Crippen LogP contribution in [0.4, 0.5) is 0 Å². The van der Waals surface area contributed by atoms with Crippen LogP contribution in [0.5, 0.6) is 5.75 Å². The first kappa shape index (κ1) is 15.3. The maximum atomic E-state index is 12.5. The van der Waals surface area contributed by atoms with Crippen molar-refractivity contribution in [3.05, 3.63) is 48.0 Å². The number of carbonyl (C=O) groups excluding carboxylic acids is 1. The van der Waals surface area contributed by atoms with Gasteiger partial charge in [0.05, 0.1) is 6.61 Å². The number of ether oxygens (including phenoxy) is 1. The number of benzene rings is 1. The molecule has 1 aromatic heterocycles. The quantitative estimate of drug-likeness (QED) is 0.549. The zero-order valence-corrected chi connectivity index (χ0v) is 12.7. The van der Waals surface area contributed by atoms with Gasteiger partial charge in [-0.3, -0.25) is 4.79 Å². The van der Waals surface area contributed by atoms with Gasteiger partial charge in [-0.25, -0.2) is 4.98 Å². The predicted octanol–water partition coefficient (Wildman–Crippen LogP) is 3.70. The second-order valence-corrected chi connectivity index (χ2v) is 5.00. The molecule has 0 aliphatic carbocycles. The molecule has 1 aromatic carbocycles. The van der Waals surface area contributed by atoms with Crippen LogP contribution in [0, 0.1) is 0 Å². The number of ketones is 1. The Kier molecular flexibility index (Phi) is 5.55. The van der Waals surface area contributed by atoms with E-state index in [9.17, 15) is 4.79 Å². The van der Waals surface area contributed by atoms with Crippen LogP contribution in [0.25, 0.3) is 0 Å². The highest BCUT2D eigenvalue weighted by Gasteiger charge is 2.14. The third-order valence-electron chi connectivity index (χ3n) is 3.27. The van der Waals surface area contributed by atoms with E-state index in [-0.39, 0.29) is 5.78 Å². The Morgan fingerprint density at radius 3 is 2.62 bits per heavy atom. The molecule has 0 amide bonds. The molecule has 0 bridgehead atoms. The molecule has 0 radical (unpaired) electrons. The average molecular weight is 286 g/mol. The van der Waals surface area contributed by atoms with Crippen LogP contribution in [0.3, 0.4) is 0 Å². The second kappa shape index (κ2) is 7.62. The van der Waals surface area contributed by atoms with E-state index < -0.39 is 0 Å². The molecule has 0 atom stereocenters. The number of nitrogens with zero attached hydrogens (tertiary/aromatic N) is 2. The number of hydrogen-bond donors (Lipinski definition) is 0. The van der Waals surface area contributed by atoms with Gasteiger partial charge in [0.1, 0.15) is 5.75 Å². The molecule has 112 valence electrons. The Hall–Kier alpha value is -2.10. The topological polar surface area (TPSA) is 44.1 Å². The summed E-state index contributed by atoms with van der Waals surface area (Å²) >= 11 is 0. The molecule has 0 aliphatic heterocycles. The average Bonchev–Trinajstić information content (AvgIpc) is 2.96. The standard InChI is InChI=1S/C17H22N2O2/c1-3-5-13-21-15-8-6-14(7-9-15)16(20)17-18-10-12-19(17)11-4-2/h6-10,12H,3-5,11,13H2,1-2H3. The zero-order chi connectivity index (χ0) is 15.1. The summed E-state index contributed by atoms with van der Waals surface area (Å²) in [4.78, 5) is 16.6. The molecular formula is C17H22N2O2. The van der Waals surface area contributed by atoms with Crippen molar-refractivity contribution in [2.24, 2.45) is 0 Å². The Balaban J connectivity index is 2.07. The first-order valence-corrected chi connectivity index (χ1v) is 7.55. The third-order valence-corrected chi connectivity index (χ3v) is 3.27. The molecular weight excluding hydrogens is 264 g/mol. The van der Waals surface area contributed by atoms with Gasteiger partial charge in [-0.15, -0.1) is 0 Å². The smallest absolute Gasteiger partial charge is 0.228 e. The molecule has 4 nitrogen and oxygen atoms in total. The fraction of sp³-hybridized carbons (Fsp3) is 0.412. The first-order valence-electron chi connectivity index (χ1n) is 7.55. The van der Waals surface area contributed by atoms with Crippen LogP contribution in [-0.4, -0.2) is 21.9 Å². The molecule has 2 aromatic rings. The summed E-state index contributed by atoms with van der Waals surface area (Å²) in [6.45, 7) is 5.73. The number of aryl methyl sites for hydroxylation is 1. The SMILES string of the molecule is CCCCOc1ccc(C(=O)c2nccn2CCC)cc1. The Labute approximate surface area is 125 Å². The molecule has 0 saturated carbocycles. The van der Waals surface area contributed by atoms with E-state index in [0.717, 1.165) is 31.6 Å².